The van der Waals surface area contributed by atoms with Crippen LogP contribution >= 0.6 is 15.9 Å². The molecule has 3 aromatic rings. The van der Waals surface area contributed by atoms with Crippen molar-refractivity contribution in [3.8, 4) is 0 Å². The lowest BCUT2D eigenvalue weighted by atomic mass is 10.2. The minimum Gasteiger partial charge on any atom is -0.379 e. The van der Waals surface area contributed by atoms with Crippen LogP contribution in [0.15, 0.2) is 63.1 Å². The number of rotatable bonds is 5. The minimum absolute atomic E-state index is 0.0718. The quantitative estimate of drug-likeness (QED) is 0.423. The van der Waals surface area contributed by atoms with Crippen molar-refractivity contribution in [1.29, 1.82) is 0 Å². The van der Waals surface area contributed by atoms with Gasteiger partial charge in [-0.05, 0) is 36.4 Å². The number of nitrogens with zero attached hydrogens (tertiary/aromatic N) is 2. The molecule has 1 fully saturated rings. The molecule has 1 amide bonds. The first-order valence-corrected chi connectivity index (χ1v) is 11.5. The number of ether oxygens (including phenoxy) is 1. The summed E-state index contributed by atoms with van der Waals surface area (Å²) in [5, 5.41) is 4.97. The van der Waals surface area contributed by atoms with E-state index in [0.717, 1.165) is 20.9 Å². The van der Waals surface area contributed by atoms with Crippen LogP contribution in [0.5, 0.6) is 0 Å². The maximum absolute atomic E-state index is 12.8. The number of hydrogen-bond donors (Lipinski definition) is 2. The van der Waals surface area contributed by atoms with Crippen molar-refractivity contribution in [2.45, 2.75) is 4.90 Å². The third-order valence-corrected chi connectivity index (χ3v) is 7.14. The highest BCUT2D eigenvalue weighted by molar-refractivity contribution is 9.10. The van der Waals surface area contributed by atoms with Crippen molar-refractivity contribution < 1.29 is 17.9 Å². The predicted octanol–water partition coefficient (Wildman–Crippen LogP) is 2.72. The molecule has 8 nitrogen and oxygen atoms in total. The molecule has 0 radical (unpaired) electrons. The van der Waals surface area contributed by atoms with Gasteiger partial charge in [0.1, 0.15) is 0 Å². The van der Waals surface area contributed by atoms with E-state index in [4.69, 9.17) is 4.74 Å². The van der Waals surface area contributed by atoms with E-state index in [-0.39, 0.29) is 10.5 Å². The number of H-pyrrole nitrogens is 1. The summed E-state index contributed by atoms with van der Waals surface area (Å²) in [7, 11) is -3.68. The molecule has 1 saturated heterocycles. The minimum atomic E-state index is -3.68. The maximum atomic E-state index is 12.8. The normalized spacial score (nSPS) is 15.6. The molecule has 156 valence electrons. The van der Waals surface area contributed by atoms with Gasteiger partial charge in [-0.2, -0.15) is 9.41 Å². The number of halogens is 1. The van der Waals surface area contributed by atoms with Crippen molar-refractivity contribution in [3.63, 3.8) is 0 Å². The Morgan fingerprint density at radius 2 is 2.00 bits per heavy atom. The number of nitrogens with one attached hydrogen (secondary N) is 2. The predicted molar refractivity (Wildman–Crippen MR) is 117 cm³/mol. The number of fused-ring (bicyclic) bond motifs is 1. The molecule has 1 aliphatic rings. The van der Waals surface area contributed by atoms with Gasteiger partial charge in [0, 0.05) is 45.8 Å². The molecule has 2 heterocycles. The lowest BCUT2D eigenvalue weighted by molar-refractivity contribution is 0.0730. The van der Waals surface area contributed by atoms with E-state index in [0.29, 0.717) is 26.3 Å². The molecule has 1 aliphatic heterocycles. The number of carbonyl (C=O) groups excluding carboxylic acids is 1. The highest BCUT2D eigenvalue weighted by atomic mass is 79.9. The van der Waals surface area contributed by atoms with Crippen LogP contribution in [0, 0.1) is 0 Å². The number of carbonyl (C=O) groups is 1. The van der Waals surface area contributed by atoms with E-state index in [9.17, 15) is 13.2 Å². The lowest BCUT2D eigenvalue weighted by Crippen LogP contribution is -2.40. The molecule has 0 aliphatic carbocycles. The van der Waals surface area contributed by atoms with Gasteiger partial charge in [0.25, 0.3) is 5.91 Å². The van der Waals surface area contributed by atoms with Gasteiger partial charge in [-0.25, -0.2) is 13.8 Å². The smallest absolute Gasteiger partial charge is 0.271 e. The molecule has 30 heavy (non-hydrogen) atoms. The van der Waals surface area contributed by atoms with Crippen LogP contribution in [0.3, 0.4) is 0 Å². The van der Waals surface area contributed by atoms with Crippen LogP contribution in [0.25, 0.3) is 10.9 Å². The second kappa shape index (κ2) is 8.68. The standard InChI is InChI=1S/C20H19BrN4O4S/c21-16-4-5-19-18(11-16)15(12-22-19)13-23-24-20(26)14-2-1-3-17(10-14)30(27,28)25-6-8-29-9-7-25/h1-5,10-13,22H,6-9H2,(H,24,26). The summed E-state index contributed by atoms with van der Waals surface area (Å²) in [6.07, 6.45) is 3.33. The van der Waals surface area contributed by atoms with Crippen LogP contribution in [-0.4, -0.2) is 56.1 Å². The van der Waals surface area contributed by atoms with Crippen molar-refractivity contribution in [2.75, 3.05) is 26.3 Å². The Labute approximate surface area is 182 Å². The van der Waals surface area contributed by atoms with Gasteiger partial charge in [-0.3, -0.25) is 4.79 Å². The van der Waals surface area contributed by atoms with Gasteiger partial charge in [0.05, 0.1) is 24.3 Å². The van der Waals surface area contributed by atoms with Crippen molar-refractivity contribution >= 4 is 49.0 Å². The highest BCUT2D eigenvalue weighted by Gasteiger charge is 2.26. The molecule has 0 spiro atoms. The Hall–Kier alpha value is -2.53. The van der Waals surface area contributed by atoms with E-state index in [1.54, 1.807) is 18.3 Å². The first-order valence-electron chi connectivity index (χ1n) is 9.23. The van der Waals surface area contributed by atoms with Crippen molar-refractivity contribution in [2.24, 2.45) is 5.10 Å². The van der Waals surface area contributed by atoms with Crippen molar-refractivity contribution in [3.05, 3.63) is 64.3 Å². The SMILES string of the molecule is O=C(NN=Cc1c[nH]c2ccc(Br)cc12)c1cccc(S(=O)(=O)N2CCOCC2)c1. The maximum Gasteiger partial charge on any atom is 0.271 e. The fourth-order valence-corrected chi connectivity index (χ4v) is 5.00. The molecular weight excluding hydrogens is 472 g/mol. The fourth-order valence-electron chi connectivity index (χ4n) is 3.18. The Morgan fingerprint density at radius 1 is 1.20 bits per heavy atom. The Balaban J connectivity index is 1.49. The molecule has 0 atom stereocenters. The first kappa shape index (κ1) is 20.7. The van der Waals surface area contributed by atoms with E-state index < -0.39 is 15.9 Å². The van der Waals surface area contributed by atoms with Crippen LogP contribution < -0.4 is 5.43 Å². The summed E-state index contributed by atoms with van der Waals surface area (Å²) in [6.45, 7) is 1.31. The molecule has 0 unspecified atom stereocenters. The van der Waals surface area contributed by atoms with Gasteiger partial charge in [0.2, 0.25) is 10.0 Å². The number of hydrazone groups is 1. The van der Waals surface area contributed by atoms with Crippen LogP contribution in [-0.2, 0) is 14.8 Å². The summed E-state index contributed by atoms with van der Waals surface area (Å²) in [6, 6.07) is 11.8. The summed E-state index contributed by atoms with van der Waals surface area (Å²) in [4.78, 5) is 15.7. The van der Waals surface area contributed by atoms with E-state index in [2.05, 4.69) is 31.4 Å². The number of amides is 1. The molecule has 0 bridgehead atoms. The van der Waals surface area contributed by atoms with Crippen molar-refractivity contribution in [1.82, 2.24) is 14.7 Å². The van der Waals surface area contributed by atoms with E-state index in [1.807, 2.05) is 18.2 Å². The number of hydrogen-bond acceptors (Lipinski definition) is 5. The average molecular weight is 491 g/mol. The Morgan fingerprint density at radius 3 is 2.80 bits per heavy atom. The van der Waals surface area contributed by atoms with E-state index >= 15 is 0 Å². The van der Waals surface area contributed by atoms with Gasteiger partial charge in [-0.15, -0.1) is 0 Å². The number of morpholine rings is 1. The molecule has 1 aromatic heterocycles. The summed E-state index contributed by atoms with van der Waals surface area (Å²) in [5.74, 6) is -0.494. The molecule has 4 rings (SSSR count). The van der Waals surface area contributed by atoms with E-state index in [1.165, 1.54) is 22.7 Å². The third-order valence-electron chi connectivity index (χ3n) is 4.75. The summed E-state index contributed by atoms with van der Waals surface area (Å²) >= 11 is 3.44. The molecule has 2 N–H and O–H groups in total. The Kier molecular flexibility index (Phi) is 6.00. The lowest BCUT2D eigenvalue weighted by Gasteiger charge is -2.26. The van der Waals surface area contributed by atoms with Gasteiger partial charge in [0.15, 0.2) is 0 Å². The zero-order chi connectivity index (χ0) is 21.1. The second-order valence-corrected chi connectivity index (χ2v) is 9.53. The van der Waals surface area contributed by atoms with Gasteiger partial charge >= 0.3 is 0 Å². The van der Waals surface area contributed by atoms with Gasteiger partial charge in [-0.1, -0.05) is 22.0 Å². The molecule has 10 heteroatoms. The second-order valence-electron chi connectivity index (χ2n) is 6.68. The Bertz CT molecular complexity index is 1220. The summed E-state index contributed by atoms with van der Waals surface area (Å²) in [5.41, 5.74) is 4.43. The largest absolute Gasteiger partial charge is 0.379 e. The molecule has 0 saturated carbocycles. The van der Waals surface area contributed by atoms with Crippen LogP contribution in [0.2, 0.25) is 0 Å². The molecular formula is C20H19BrN4O4S. The van der Waals surface area contributed by atoms with Gasteiger partial charge < -0.3 is 9.72 Å². The number of benzene rings is 2. The average Bonchev–Trinajstić information content (AvgIpc) is 3.16. The topological polar surface area (TPSA) is 104 Å². The number of aromatic amines is 1. The third kappa shape index (κ3) is 4.31. The number of aromatic nitrogens is 1. The zero-order valence-corrected chi connectivity index (χ0v) is 18.2. The summed E-state index contributed by atoms with van der Waals surface area (Å²) < 4.78 is 33.1. The fraction of sp³-hybridized carbons (Fsp3) is 0.200. The first-order chi connectivity index (χ1) is 14.4. The van der Waals surface area contributed by atoms with Crippen LogP contribution in [0.1, 0.15) is 15.9 Å². The van der Waals surface area contributed by atoms with Crippen LogP contribution in [0.4, 0.5) is 0 Å². The monoisotopic (exact) mass is 490 g/mol. The number of sulfonamides is 1. The zero-order valence-electron chi connectivity index (χ0n) is 15.8. The molecule has 2 aromatic carbocycles. The highest BCUT2D eigenvalue weighted by Crippen LogP contribution is 2.22.